The van der Waals surface area contributed by atoms with Gasteiger partial charge in [-0.3, -0.25) is 4.79 Å². The molecule has 4 heteroatoms. The summed E-state index contributed by atoms with van der Waals surface area (Å²) < 4.78 is 9.71. The predicted molar refractivity (Wildman–Crippen MR) is 44.9 cm³/mol. The Bertz CT molecular complexity index is 234. The lowest BCUT2D eigenvalue weighted by molar-refractivity contribution is -0.163. The number of carbonyl (C=O) groups excluding carboxylic acids is 2. The normalized spacial score (nSPS) is 21.9. The van der Waals surface area contributed by atoms with E-state index in [1.807, 2.05) is 0 Å². The van der Waals surface area contributed by atoms with Crippen LogP contribution in [0.4, 0.5) is 0 Å². The maximum Gasteiger partial charge on any atom is 0.333 e. The van der Waals surface area contributed by atoms with Crippen LogP contribution in [0.25, 0.3) is 0 Å². The van der Waals surface area contributed by atoms with Gasteiger partial charge in [-0.1, -0.05) is 6.58 Å². The molecule has 1 atom stereocenters. The zero-order valence-corrected chi connectivity index (χ0v) is 7.54. The molecular formula is C9H12O4. The molecular weight excluding hydrogens is 172 g/mol. The van der Waals surface area contributed by atoms with Crippen LogP contribution >= 0.6 is 0 Å². The van der Waals surface area contributed by atoms with Gasteiger partial charge in [-0.15, -0.1) is 0 Å². The smallest absolute Gasteiger partial charge is 0.333 e. The summed E-state index contributed by atoms with van der Waals surface area (Å²) in [4.78, 5) is 21.7. The largest absolute Gasteiger partial charge is 0.462 e. The summed E-state index contributed by atoms with van der Waals surface area (Å²) >= 11 is 0. The summed E-state index contributed by atoms with van der Waals surface area (Å²) in [6.45, 7) is 5.20. The van der Waals surface area contributed by atoms with Crippen LogP contribution < -0.4 is 0 Å². The third-order valence-electron chi connectivity index (χ3n) is 1.72. The van der Waals surface area contributed by atoms with E-state index in [4.69, 9.17) is 9.47 Å². The Kier molecular flexibility index (Phi) is 3.06. The van der Waals surface area contributed by atoms with Crippen LogP contribution in [0, 0.1) is 0 Å². The first-order valence-electron chi connectivity index (χ1n) is 4.11. The summed E-state index contributed by atoms with van der Waals surface area (Å²) in [6.07, 6.45) is 0.549. The summed E-state index contributed by atoms with van der Waals surface area (Å²) in [5.41, 5.74) is 0.358. The van der Waals surface area contributed by atoms with Gasteiger partial charge < -0.3 is 9.47 Å². The quantitative estimate of drug-likeness (QED) is 0.470. The Hall–Kier alpha value is -1.32. The van der Waals surface area contributed by atoms with Gasteiger partial charge in [0.25, 0.3) is 0 Å². The minimum absolute atomic E-state index is 0.165. The van der Waals surface area contributed by atoms with Gasteiger partial charge in [0.2, 0.25) is 0 Å². The lowest BCUT2D eigenvalue weighted by Crippen LogP contribution is -2.30. The number of hydrogen-bond donors (Lipinski definition) is 0. The number of carbonyl (C=O) groups is 2. The maximum absolute atomic E-state index is 11.0. The average molecular weight is 184 g/mol. The number of hydrogen-bond acceptors (Lipinski definition) is 4. The average Bonchev–Trinajstić information content (AvgIpc) is 2.08. The number of esters is 2. The van der Waals surface area contributed by atoms with E-state index in [-0.39, 0.29) is 18.7 Å². The van der Waals surface area contributed by atoms with Gasteiger partial charge in [-0.05, 0) is 13.3 Å². The highest BCUT2D eigenvalue weighted by molar-refractivity contribution is 5.87. The van der Waals surface area contributed by atoms with Crippen molar-refractivity contribution in [1.82, 2.24) is 0 Å². The van der Waals surface area contributed by atoms with Crippen LogP contribution in [-0.4, -0.2) is 24.6 Å². The van der Waals surface area contributed by atoms with E-state index in [1.165, 1.54) is 0 Å². The molecule has 0 bridgehead atoms. The molecule has 0 spiro atoms. The Labute approximate surface area is 76.5 Å². The number of rotatable bonds is 2. The van der Waals surface area contributed by atoms with Gasteiger partial charge in [0.1, 0.15) is 12.7 Å². The molecule has 0 N–H and O–H groups in total. The highest BCUT2D eigenvalue weighted by atomic mass is 16.6. The summed E-state index contributed by atoms with van der Waals surface area (Å²) in [6, 6.07) is 0. The van der Waals surface area contributed by atoms with Crippen molar-refractivity contribution in [2.24, 2.45) is 0 Å². The van der Waals surface area contributed by atoms with Gasteiger partial charge in [-0.2, -0.15) is 0 Å². The molecule has 1 aliphatic rings. The second-order valence-corrected chi connectivity index (χ2v) is 3.03. The van der Waals surface area contributed by atoms with Crippen molar-refractivity contribution in [1.29, 1.82) is 0 Å². The third kappa shape index (κ3) is 2.89. The van der Waals surface area contributed by atoms with Gasteiger partial charge >= 0.3 is 11.9 Å². The van der Waals surface area contributed by atoms with Crippen molar-refractivity contribution in [2.75, 3.05) is 6.61 Å². The van der Waals surface area contributed by atoms with E-state index in [0.29, 0.717) is 18.4 Å². The molecule has 1 fully saturated rings. The van der Waals surface area contributed by atoms with Crippen molar-refractivity contribution >= 4 is 11.9 Å². The van der Waals surface area contributed by atoms with Gasteiger partial charge in [0.15, 0.2) is 0 Å². The standard InChI is InChI=1S/C9H12O4/c1-6(2)9(11)13-7-3-4-8(10)12-5-7/h7H,1,3-5H2,2H3. The molecule has 72 valence electrons. The van der Waals surface area contributed by atoms with E-state index >= 15 is 0 Å². The summed E-state index contributed by atoms with van der Waals surface area (Å²) in [5, 5.41) is 0. The van der Waals surface area contributed by atoms with Crippen LogP contribution in [0.3, 0.4) is 0 Å². The Morgan fingerprint density at radius 1 is 1.69 bits per heavy atom. The van der Waals surface area contributed by atoms with Crippen LogP contribution in [0.15, 0.2) is 12.2 Å². The molecule has 1 heterocycles. The van der Waals surface area contributed by atoms with Crippen LogP contribution in [0.2, 0.25) is 0 Å². The van der Waals surface area contributed by atoms with E-state index in [1.54, 1.807) is 6.92 Å². The second-order valence-electron chi connectivity index (χ2n) is 3.03. The van der Waals surface area contributed by atoms with Crippen molar-refractivity contribution in [3.05, 3.63) is 12.2 Å². The van der Waals surface area contributed by atoms with E-state index in [9.17, 15) is 9.59 Å². The number of ether oxygens (including phenoxy) is 2. The second kappa shape index (κ2) is 4.07. The highest BCUT2D eigenvalue weighted by Crippen LogP contribution is 2.12. The first-order valence-corrected chi connectivity index (χ1v) is 4.11. The minimum Gasteiger partial charge on any atom is -0.462 e. The van der Waals surface area contributed by atoms with Crippen molar-refractivity contribution in [2.45, 2.75) is 25.9 Å². The predicted octanol–water partition coefficient (Wildman–Crippen LogP) is 0.811. The van der Waals surface area contributed by atoms with Crippen molar-refractivity contribution in [3.8, 4) is 0 Å². The zero-order chi connectivity index (χ0) is 9.84. The third-order valence-corrected chi connectivity index (χ3v) is 1.72. The van der Waals surface area contributed by atoms with E-state index in [0.717, 1.165) is 0 Å². The summed E-state index contributed by atoms with van der Waals surface area (Å²) in [5.74, 6) is -0.662. The van der Waals surface area contributed by atoms with Crippen molar-refractivity contribution < 1.29 is 19.1 Å². The molecule has 0 aromatic heterocycles. The SMILES string of the molecule is C=C(C)C(=O)OC1CCC(=O)OC1. The van der Waals surface area contributed by atoms with E-state index < -0.39 is 5.97 Å². The lowest BCUT2D eigenvalue weighted by Gasteiger charge is -2.21. The monoisotopic (exact) mass is 184 g/mol. The molecule has 4 nitrogen and oxygen atoms in total. The maximum atomic E-state index is 11.0. The minimum atomic E-state index is -0.428. The fourth-order valence-electron chi connectivity index (χ4n) is 0.965. The molecule has 0 amide bonds. The molecule has 0 radical (unpaired) electrons. The molecule has 0 saturated carbocycles. The highest BCUT2D eigenvalue weighted by Gasteiger charge is 2.22. The van der Waals surface area contributed by atoms with Crippen LogP contribution in [0.5, 0.6) is 0 Å². The summed E-state index contributed by atoms with van der Waals surface area (Å²) in [7, 11) is 0. The first-order chi connectivity index (χ1) is 6.09. The molecule has 0 aliphatic carbocycles. The lowest BCUT2D eigenvalue weighted by atomic mass is 10.1. The molecule has 0 aromatic carbocycles. The molecule has 1 unspecified atom stereocenters. The topological polar surface area (TPSA) is 52.6 Å². The van der Waals surface area contributed by atoms with Crippen molar-refractivity contribution in [3.63, 3.8) is 0 Å². The van der Waals surface area contributed by atoms with Gasteiger partial charge in [0, 0.05) is 12.0 Å². The Morgan fingerprint density at radius 3 is 2.85 bits per heavy atom. The van der Waals surface area contributed by atoms with Crippen LogP contribution in [0.1, 0.15) is 19.8 Å². The fraction of sp³-hybridized carbons (Fsp3) is 0.556. The van der Waals surface area contributed by atoms with Gasteiger partial charge in [-0.25, -0.2) is 4.79 Å². The van der Waals surface area contributed by atoms with Crippen LogP contribution in [-0.2, 0) is 19.1 Å². The molecule has 1 aliphatic heterocycles. The Morgan fingerprint density at radius 2 is 2.38 bits per heavy atom. The van der Waals surface area contributed by atoms with Gasteiger partial charge in [0.05, 0.1) is 0 Å². The Balaban J connectivity index is 2.34. The zero-order valence-electron chi connectivity index (χ0n) is 7.54. The molecule has 1 saturated heterocycles. The first kappa shape index (κ1) is 9.77. The molecule has 0 aromatic rings. The molecule has 1 rings (SSSR count). The number of cyclic esters (lactones) is 1. The fourth-order valence-corrected chi connectivity index (χ4v) is 0.965. The van der Waals surface area contributed by atoms with E-state index in [2.05, 4.69) is 6.58 Å². The molecule has 13 heavy (non-hydrogen) atoms.